The number of ether oxygens (including phenoxy) is 1. The summed E-state index contributed by atoms with van der Waals surface area (Å²) in [5, 5.41) is 4.14. The van der Waals surface area contributed by atoms with E-state index in [4.69, 9.17) is 4.74 Å². The highest BCUT2D eigenvalue weighted by atomic mass is 32.2. The van der Waals surface area contributed by atoms with Gasteiger partial charge < -0.3 is 10.1 Å². The van der Waals surface area contributed by atoms with Crippen LogP contribution in [0.3, 0.4) is 0 Å². The monoisotopic (exact) mass is 797 g/mol. The lowest BCUT2D eigenvalue weighted by atomic mass is 9.33. The number of allylic oxidation sites excluding steroid dienone is 5. The molecule has 57 heavy (non-hydrogen) atoms. The maximum atomic E-state index is 13.1. The third-order valence-electron chi connectivity index (χ3n) is 19.3. The van der Waals surface area contributed by atoms with Crippen LogP contribution >= 0.6 is 0 Å². The van der Waals surface area contributed by atoms with E-state index in [0.29, 0.717) is 52.8 Å². The van der Waals surface area contributed by atoms with Crippen LogP contribution in [0.4, 0.5) is 0 Å². The topological polar surface area (TPSA) is 75.7 Å². The van der Waals surface area contributed by atoms with E-state index in [1.54, 1.807) is 5.57 Å². The van der Waals surface area contributed by atoms with Gasteiger partial charge in [0, 0.05) is 31.2 Å². The molecule has 6 aliphatic carbocycles. The van der Waals surface area contributed by atoms with Gasteiger partial charge in [0.25, 0.3) is 0 Å². The SMILES string of the molecule is C=C(C)[C@@H]1CC[C@]2(NCCN3C[C@@H]4CC3CS4(=O)=O)CC[C@]3(C)[C@H](CC[C@@H]4[C@@]5(C)CC=C(C6=CC[C@H](C(=O)OCc7ccccc7)CC6)C(C)(C)[C@@H]5CC[C@]43C)[C@@H]12. The second-order valence-electron chi connectivity index (χ2n) is 21.9. The Morgan fingerprint density at radius 2 is 1.72 bits per heavy atom. The van der Waals surface area contributed by atoms with Gasteiger partial charge in [0.05, 0.1) is 16.9 Å². The van der Waals surface area contributed by atoms with E-state index in [9.17, 15) is 13.2 Å². The molecule has 0 radical (unpaired) electrons. The van der Waals surface area contributed by atoms with Crippen LogP contribution in [0.2, 0.25) is 0 Å². The number of sulfone groups is 1. The molecule has 2 bridgehead atoms. The van der Waals surface area contributed by atoms with Crippen LogP contribution in [0.25, 0.3) is 0 Å². The molecule has 6 nitrogen and oxygen atoms in total. The van der Waals surface area contributed by atoms with Gasteiger partial charge in [-0.2, -0.15) is 0 Å². The molecule has 12 atom stereocenters. The average Bonchev–Trinajstić information content (AvgIpc) is 3.85. The normalized spacial score (nSPS) is 44.2. The molecule has 1 N–H and O–H groups in total. The van der Waals surface area contributed by atoms with Crippen molar-refractivity contribution in [2.24, 2.45) is 57.2 Å². The van der Waals surface area contributed by atoms with E-state index in [0.717, 1.165) is 50.9 Å². The number of rotatable bonds is 9. The second-order valence-corrected chi connectivity index (χ2v) is 24.3. The van der Waals surface area contributed by atoms with Crippen molar-refractivity contribution in [1.82, 2.24) is 10.2 Å². The fourth-order valence-electron chi connectivity index (χ4n) is 16.2. The maximum Gasteiger partial charge on any atom is 0.309 e. The predicted molar refractivity (Wildman–Crippen MR) is 230 cm³/mol. The van der Waals surface area contributed by atoms with E-state index >= 15 is 0 Å². The summed E-state index contributed by atoms with van der Waals surface area (Å²) in [7, 11) is -2.87. The van der Waals surface area contributed by atoms with Crippen molar-refractivity contribution in [1.29, 1.82) is 0 Å². The molecular formula is C50H72N2O4S. The Morgan fingerprint density at radius 1 is 0.930 bits per heavy atom. The standard InChI is InChI=1S/C50H72N2O4S/c1-33(2)39-19-24-50(51-27-28-52-30-38-29-37(52)32-57(38,54)55)26-25-48(6)41(44(39)50)17-18-43-47(5)22-20-40(46(3,4)42(47)21-23-49(43,48)7)35-13-15-36(16-14-35)45(53)56-31-34-11-9-8-10-12-34/h8-13,20,36-39,41-44,51H,1,14-19,21-32H2,2-7H3/t36-,37?,38-,39-,41+,42-,43+,44+,47-,48+,49+,50-/m0/s1. The molecule has 7 heteroatoms. The highest BCUT2D eigenvalue weighted by molar-refractivity contribution is 7.92. The minimum Gasteiger partial charge on any atom is -0.461 e. The molecule has 9 rings (SSSR count). The summed E-state index contributed by atoms with van der Waals surface area (Å²) in [6, 6.07) is 10.2. The zero-order valence-corrected chi connectivity index (χ0v) is 36.9. The summed E-state index contributed by atoms with van der Waals surface area (Å²) in [5.74, 6) is 3.52. The third-order valence-corrected chi connectivity index (χ3v) is 21.5. The second kappa shape index (κ2) is 14.2. The zero-order chi connectivity index (χ0) is 40.2. The number of fused-ring (bicyclic) bond motifs is 9. The number of hydrogen-bond donors (Lipinski definition) is 1. The molecule has 0 amide bonds. The van der Waals surface area contributed by atoms with Gasteiger partial charge in [0.15, 0.2) is 9.84 Å². The summed E-state index contributed by atoms with van der Waals surface area (Å²) in [6.45, 7) is 23.3. The molecule has 312 valence electrons. The predicted octanol–water partition coefficient (Wildman–Crippen LogP) is 9.86. The Morgan fingerprint density at radius 3 is 2.40 bits per heavy atom. The van der Waals surface area contributed by atoms with E-state index in [1.165, 1.54) is 68.9 Å². The molecule has 6 fully saturated rings. The fraction of sp³-hybridized carbons (Fsp3) is 0.740. The fourth-order valence-corrected chi connectivity index (χ4v) is 18.3. The van der Waals surface area contributed by atoms with Gasteiger partial charge in [0.1, 0.15) is 6.61 Å². The van der Waals surface area contributed by atoms with Crippen molar-refractivity contribution in [3.8, 4) is 0 Å². The quantitative estimate of drug-likeness (QED) is 0.198. The number of likely N-dealkylation sites (tertiary alicyclic amines) is 1. The van der Waals surface area contributed by atoms with E-state index in [2.05, 4.69) is 70.5 Å². The van der Waals surface area contributed by atoms with Crippen LogP contribution in [0.1, 0.15) is 131 Å². The minimum atomic E-state index is -2.87. The first-order chi connectivity index (χ1) is 27.0. The van der Waals surface area contributed by atoms with Gasteiger partial charge in [-0.1, -0.05) is 89.3 Å². The lowest BCUT2D eigenvalue weighted by Gasteiger charge is -2.72. The Kier molecular flexibility index (Phi) is 10.0. The lowest BCUT2D eigenvalue weighted by molar-refractivity contribution is -0.221. The van der Waals surface area contributed by atoms with Gasteiger partial charge in [-0.25, -0.2) is 8.42 Å². The number of benzene rings is 1. The first-order valence-corrected chi connectivity index (χ1v) is 24.7. The van der Waals surface area contributed by atoms with Crippen LogP contribution < -0.4 is 5.32 Å². The molecule has 2 saturated heterocycles. The largest absolute Gasteiger partial charge is 0.461 e. The molecule has 1 aromatic carbocycles. The molecule has 0 aromatic heterocycles. The van der Waals surface area contributed by atoms with Gasteiger partial charge in [-0.3, -0.25) is 9.69 Å². The van der Waals surface area contributed by atoms with Gasteiger partial charge in [-0.15, -0.1) is 0 Å². The Balaban J connectivity index is 0.908. The molecule has 1 unspecified atom stereocenters. The first-order valence-electron chi connectivity index (χ1n) is 23.0. The first kappa shape index (κ1) is 40.2. The van der Waals surface area contributed by atoms with Gasteiger partial charge in [-0.05, 0) is 158 Å². The highest BCUT2D eigenvalue weighted by Gasteiger charge is 2.70. The van der Waals surface area contributed by atoms with E-state index in [-0.39, 0.29) is 39.5 Å². The van der Waals surface area contributed by atoms with Crippen molar-refractivity contribution in [2.45, 2.75) is 148 Å². The molecule has 2 aliphatic heterocycles. The number of carbonyl (C=O) groups is 1. The van der Waals surface area contributed by atoms with E-state index in [1.807, 2.05) is 30.3 Å². The number of nitrogens with zero attached hydrogens (tertiary/aromatic N) is 1. The Bertz CT molecular complexity index is 1940. The number of hydrogen-bond acceptors (Lipinski definition) is 6. The zero-order valence-electron chi connectivity index (χ0n) is 36.1. The Labute approximate surface area is 345 Å². The summed E-state index contributed by atoms with van der Waals surface area (Å²) >= 11 is 0. The van der Waals surface area contributed by atoms with Crippen molar-refractivity contribution in [3.63, 3.8) is 0 Å². The van der Waals surface area contributed by atoms with Crippen LogP contribution in [-0.2, 0) is 26.0 Å². The number of carbonyl (C=O) groups excluding carboxylic acids is 1. The minimum absolute atomic E-state index is 0.0450. The summed E-state index contributed by atoms with van der Waals surface area (Å²) < 4.78 is 30.7. The molecule has 1 aromatic rings. The average molecular weight is 797 g/mol. The lowest BCUT2D eigenvalue weighted by Crippen LogP contribution is -2.68. The van der Waals surface area contributed by atoms with Crippen LogP contribution in [0, 0.1) is 57.2 Å². The summed E-state index contributed by atoms with van der Waals surface area (Å²) in [4.78, 5) is 15.6. The molecule has 2 heterocycles. The van der Waals surface area contributed by atoms with Gasteiger partial charge >= 0.3 is 5.97 Å². The smallest absolute Gasteiger partial charge is 0.309 e. The summed E-state index contributed by atoms with van der Waals surface area (Å²) in [6.07, 6.45) is 20.0. The van der Waals surface area contributed by atoms with Crippen LogP contribution in [0.15, 0.2) is 65.8 Å². The molecule has 8 aliphatic rings. The van der Waals surface area contributed by atoms with Crippen LogP contribution in [-0.4, -0.2) is 61.5 Å². The van der Waals surface area contributed by atoms with Crippen molar-refractivity contribution in [2.75, 3.05) is 25.4 Å². The Hall–Kier alpha value is -2.22. The van der Waals surface area contributed by atoms with Gasteiger partial charge in [0.2, 0.25) is 0 Å². The van der Waals surface area contributed by atoms with Crippen molar-refractivity contribution in [3.05, 3.63) is 71.3 Å². The van der Waals surface area contributed by atoms with Crippen LogP contribution in [0.5, 0.6) is 0 Å². The third kappa shape index (κ3) is 6.26. The molecular weight excluding hydrogens is 725 g/mol. The number of esters is 1. The molecule has 4 saturated carbocycles. The molecule has 0 spiro atoms. The number of nitrogens with one attached hydrogen (secondary N) is 1. The van der Waals surface area contributed by atoms with Crippen molar-refractivity contribution < 1.29 is 17.9 Å². The van der Waals surface area contributed by atoms with E-state index < -0.39 is 9.84 Å². The summed E-state index contributed by atoms with van der Waals surface area (Å²) in [5.41, 5.74) is 6.61. The maximum absolute atomic E-state index is 13.1. The highest BCUT2D eigenvalue weighted by Crippen LogP contribution is 2.76. The van der Waals surface area contributed by atoms with Crippen molar-refractivity contribution >= 4 is 15.8 Å².